The quantitative estimate of drug-likeness (QED) is 0.208. The van der Waals surface area contributed by atoms with Gasteiger partial charge in [0.05, 0.1) is 18.0 Å². The number of esters is 3. The van der Waals surface area contributed by atoms with Crippen LogP contribution in [0.4, 0.5) is 0 Å². The first-order valence-corrected chi connectivity index (χ1v) is 11.2. The van der Waals surface area contributed by atoms with Crippen LogP contribution in [0.25, 0.3) is 0 Å². The minimum Gasteiger partial charge on any atom is -0.458 e. The van der Waals surface area contributed by atoms with Crippen LogP contribution in [0.1, 0.15) is 33.6 Å². The van der Waals surface area contributed by atoms with E-state index in [9.17, 15) is 27.6 Å². The summed E-state index contributed by atoms with van der Waals surface area (Å²) in [6.45, 7) is 2.56. The van der Waals surface area contributed by atoms with Gasteiger partial charge in [0.15, 0.2) is 6.10 Å². The molecule has 2 unspecified atom stereocenters. The summed E-state index contributed by atoms with van der Waals surface area (Å²) in [4.78, 5) is 46.5. The Morgan fingerprint density at radius 2 is 1.47 bits per heavy atom. The zero-order valence-electron chi connectivity index (χ0n) is 18.3. The fraction of sp³-hybridized carbons (Fsp3) is 0.778. The van der Waals surface area contributed by atoms with Gasteiger partial charge in [-0.3, -0.25) is 23.7 Å². The molecule has 0 aliphatic heterocycles. The van der Waals surface area contributed by atoms with Crippen molar-refractivity contribution in [3.05, 3.63) is 0 Å². The molecule has 1 aliphatic carbocycles. The minimum atomic E-state index is -4.21. The second kappa shape index (κ2) is 12.1. The number of hydrogen-bond donors (Lipinski definition) is 2. The number of carbonyl (C=O) groups is 4. The van der Waals surface area contributed by atoms with Crippen LogP contribution >= 0.6 is 0 Å². The third kappa shape index (κ3) is 9.89. The van der Waals surface area contributed by atoms with Gasteiger partial charge in [0, 0.05) is 47.3 Å². The molecule has 0 radical (unpaired) electrons. The van der Waals surface area contributed by atoms with E-state index in [-0.39, 0.29) is 26.0 Å². The molecule has 1 fully saturated rings. The SMILES string of the molecule is COC1(COCC(=O)NCCS(=O)(=O)O)CC(OC(C)=O)C(OC(C)=O)C(OC(C)=O)C1. The van der Waals surface area contributed by atoms with Gasteiger partial charge in [-0.1, -0.05) is 0 Å². The van der Waals surface area contributed by atoms with E-state index in [1.807, 2.05) is 0 Å². The fourth-order valence-electron chi connectivity index (χ4n) is 3.32. The van der Waals surface area contributed by atoms with Gasteiger partial charge < -0.3 is 29.0 Å². The molecule has 0 aromatic carbocycles. The topological polar surface area (TPSA) is 181 Å². The molecule has 184 valence electrons. The van der Waals surface area contributed by atoms with Crippen molar-refractivity contribution in [2.45, 2.75) is 57.5 Å². The highest BCUT2D eigenvalue weighted by Crippen LogP contribution is 2.37. The molecule has 1 rings (SSSR count). The molecule has 0 heterocycles. The Bertz CT molecular complexity index is 770. The molecule has 1 saturated carbocycles. The van der Waals surface area contributed by atoms with E-state index in [1.54, 1.807) is 0 Å². The number of carbonyl (C=O) groups excluding carboxylic acids is 4. The fourth-order valence-corrected chi connectivity index (χ4v) is 3.68. The Kier molecular flexibility index (Phi) is 10.5. The van der Waals surface area contributed by atoms with Crippen molar-refractivity contribution < 1.29 is 55.8 Å². The molecule has 32 heavy (non-hydrogen) atoms. The summed E-state index contributed by atoms with van der Waals surface area (Å²) in [6, 6.07) is 0. The van der Waals surface area contributed by atoms with E-state index in [0.717, 1.165) is 6.92 Å². The van der Waals surface area contributed by atoms with Crippen molar-refractivity contribution in [1.82, 2.24) is 5.32 Å². The number of amides is 1. The number of rotatable bonds is 11. The van der Waals surface area contributed by atoms with Crippen LogP contribution in [-0.4, -0.2) is 93.3 Å². The van der Waals surface area contributed by atoms with E-state index < -0.39 is 70.2 Å². The molecular weight excluding hydrogens is 454 g/mol. The number of ether oxygens (including phenoxy) is 5. The highest BCUT2D eigenvalue weighted by molar-refractivity contribution is 7.85. The van der Waals surface area contributed by atoms with Crippen molar-refractivity contribution in [3.8, 4) is 0 Å². The zero-order valence-corrected chi connectivity index (χ0v) is 19.1. The van der Waals surface area contributed by atoms with Crippen LogP contribution in [0.2, 0.25) is 0 Å². The van der Waals surface area contributed by atoms with Crippen LogP contribution in [0, 0.1) is 0 Å². The lowest BCUT2D eigenvalue weighted by Gasteiger charge is -2.45. The summed E-state index contributed by atoms with van der Waals surface area (Å²) in [5, 5.41) is 2.27. The van der Waals surface area contributed by atoms with Gasteiger partial charge in [-0.15, -0.1) is 0 Å². The van der Waals surface area contributed by atoms with Gasteiger partial charge in [0.2, 0.25) is 5.91 Å². The largest absolute Gasteiger partial charge is 0.458 e. The van der Waals surface area contributed by atoms with Crippen molar-refractivity contribution in [2.24, 2.45) is 0 Å². The molecule has 2 atom stereocenters. The average molecular weight is 483 g/mol. The van der Waals surface area contributed by atoms with Crippen LogP contribution in [0.5, 0.6) is 0 Å². The second-order valence-corrected chi connectivity index (χ2v) is 8.87. The molecule has 0 aromatic heterocycles. The summed E-state index contributed by atoms with van der Waals surface area (Å²) >= 11 is 0. The van der Waals surface area contributed by atoms with Crippen molar-refractivity contribution >= 4 is 33.9 Å². The Hall–Kier alpha value is -2.29. The molecule has 14 heteroatoms. The molecule has 1 amide bonds. The Morgan fingerprint density at radius 1 is 0.969 bits per heavy atom. The first-order valence-electron chi connectivity index (χ1n) is 9.63. The highest BCUT2D eigenvalue weighted by atomic mass is 32.2. The molecular formula is C18H29NO12S. The maximum Gasteiger partial charge on any atom is 0.303 e. The van der Waals surface area contributed by atoms with Crippen molar-refractivity contribution in [1.29, 1.82) is 0 Å². The number of methoxy groups -OCH3 is 1. The van der Waals surface area contributed by atoms with E-state index in [1.165, 1.54) is 21.0 Å². The summed E-state index contributed by atoms with van der Waals surface area (Å²) < 4.78 is 56.8. The van der Waals surface area contributed by atoms with E-state index in [4.69, 9.17) is 28.2 Å². The van der Waals surface area contributed by atoms with E-state index >= 15 is 0 Å². The zero-order chi connectivity index (χ0) is 24.5. The maximum absolute atomic E-state index is 11.8. The first kappa shape index (κ1) is 27.7. The third-order valence-corrected chi connectivity index (χ3v) is 5.25. The van der Waals surface area contributed by atoms with Gasteiger partial charge in [0.1, 0.15) is 18.8 Å². The van der Waals surface area contributed by atoms with Gasteiger partial charge in [-0.05, 0) is 0 Å². The predicted molar refractivity (Wildman–Crippen MR) is 106 cm³/mol. The van der Waals surface area contributed by atoms with E-state index in [0.29, 0.717) is 0 Å². The first-order chi connectivity index (χ1) is 14.8. The van der Waals surface area contributed by atoms with E-state index in [2.05, 4.69) is 5.32 Å². The monoisotopic (exact) mass is 483 g/mol. The van der Waals surface area contributed by atoms with Gasteiger partial charge in [-0.2, -0.15) is 8.42 Å². The normalized spacial score (nSPS) is 25.5. The lowest BCUT2D eigenvalue weighted by Crippen LogP contribution is -2.58. The minimum absolute atomic E-state index is 0.0170. The predicted octanol–water partition coefficient (Wildman–Crippen LogP) is -1.02. The summed E-state index contributed by atoms with van der Waals surface area (Å²) in [7, 11) is -2.85. The Morgan fingerprint density at radius 3 is 1.88 bits per heavy atom. The molecule has 2 N–H and O–H groups in total. The smallest absolute Gasteiger partial charge is 0.303 e. The lowest BCUT2D eigenvalue weighted by atomic mass is 9.79. The molecule has 13 nitrogen and oxygen atoms in total. The molecule has 0 aromatic rings. The standard InChI is InChI=1S/C18H29NO12S/c1-11(20)29-14-7-18(27-4,8-15(30-12(2)21)17(14)31-13(3)22)10-28-9-16(23)19-5-6-32(24,25)26/h14-15,17H,5-10H2,1-4H3,(H,19,23)(H,24,25,26). The van der Waals surface area contributed by atoms with Crippen LogP contribution < -0.4 is 5.32 Å². The Labute approximate surface area is 185 Å². The molecule has 1 aliphatic rings. The molecule has 0 bridgehead atoms. The second-order valence-electron chi connectivity index (χ2n) is 7.29. The van der Waals surface area contributed by atoms with Crippen molar-refractivity contribution in [3.63, 3.8) is 0 Å². The van der Waals surface area contributed by atoms with Gasteiger partial charge >= 0.3 is 17.9 Å². The lowest BCUT2D eigenvalue weighted by molar-refractivity contribution is -0.218. The van der Waals surface area contributed by atoms with Gasteiger partial charge in [-0.25, -0.2) is 0 Å². The number of nitrogens with one attached hydrogen (secondary N) is 1. The van der Waals surface area contributed by atoms with Crippen LogP contribution in [0.3, 0.4) is 0 Å². The maximum atomic E-state index is 11.8. The summed E-state index contributed by atoms with van der Waals surface area (Å²) in [6.07, 6.45) is -3.05. The molecule has 0 saturated heterocycles. The van der Waals surface area contributed by atoms with Crippen LogP contribution in [0.15, 0.2) is 0 Å². The molecule has 0 spiro atoms. The Balaban J connectivity index is 2.89. The van der Waals surface area contributed by atoms with Gasteiger partial charge in [0.25, 0.3) is 10.1 Å². The average Bonchev–Trinajstić information content (AvgIpc) is 2.62. The summed E-state index contributed by atoms with van der Waals surface area (Å²) in [5.41, 5.74) is -1.16. The number of hydrogen-bond acceptors (Lipinski definition) is 11. The van der Waals surface area contributed by atoms with Crippen molar-refractivity contribution in [2.75, 3.05) is 32.6 Å². The highest BCUT2D eigenvalue weighted by Gasteiger charge is 2.51. The van der Waals surface area contributed by atoms with Crippen LogP contribution in [-0.2, 0) is 53.0 Å². The summed E-state index contributed by atoms with van der Waals surface area (Å²) in [5.74, 6) is -3.25. The third-order valence-electron chi connectivity index (χ3n) is 4.53.